The highest BCUT2D eigenvalue weighted by molar-refractivity contribution is 5.78. The first kappa shape index (κ1) is 12.2. The number of rotatable bonds is 5. The van der Waals surface area contributed by atoms with Crippen molar-refractivity contribution in [1.29, 1.82) is 0 Å². The molecule has 0 spiro atoms. The summed E-state index contributed by atoms with van der Waals surface area (Å²) in [5.41, 5.74) is 5.62. The summed E-state index contributed by atoms with van der Waals surface area (Å²) in [7, 11) is 2.07. The minimum Gasteiger partial charge on any atom is -0.370 e. The van der Waals surface area contributed by atoms with E-state index in [0.29, 0.717) is 12.0 Å². The summed E-state index contributed by atoms with van der Waals surface area (Å²) in [6.07, 6.45) is 0. The summed E-state index contributed by atoms with van der Waals surface area (Å²) < 4.78 is 0. The Bertz CT molecular complexity index is 154. The number of nitrogens with two attached hydrogens (primary N) is 1. The average Bonchev–Trinajstić information content (AvgIpc) is 2.02. The van der Waals surface area contributed by atoms with Crippen molar-refractivity contribution in [2.24, 2.45) is 10.7 Å². The van der Waals surface area contributed by atoms with Crippen LogP contribution in [0.4, 0.5) is 0 Å². The zero-order valence-electron chi connectivity index (χ0n) is 9.17. The molecule has 0 aliphatic carbocycles. The molecule has 4 heteroatoms. The maximum atomic E-state index is 5.62. The van der Waals surface area contributed by atoms with Gasteiger partial charge >= 0.3 is 0 Å². The second-order valence-electron chi connectivity index (χ2n) is 3.46. The second-order valence-corrected chi connectivity index (χ2v) is 3.46. The largest absolute Gasteiger partial charge is 0.370 e. The molecule has 0 amide bonds. The molecule has 4 nitrogen and oxygen atoms in total. The van der Waals surface area contributed by atoms with Crippen molar-refractivity contribution < 1.29 is 0 Å². The van der Waals surface area contributed by atoms with Gasteiger partial charge in [-0.2, -0.15) is 0 Å². The Balaban J connectivity index is 3.58. The van der Waals surface area contributed by atoms with Crippen LogP contribution in [0.2, 0.25) is 0 Å². The fraction of sp³-hybridized carbons (Fsp3) is 0.889. The van der Waals surface area contributed by atoms with Crippen molar-refractivity contribution >= 4 is 5.96 Å². The lowest BCUT2D eigenvalue weighted by molar-refractivity contribution is 0.363. The molecule has 0 saturated carbocycles. The fourth-order valence-electron chi connectivity index (χ4n) is 0.841. The molecule has 0 aromatic rings. The molecule has 78 valence electrons. The molecule has 0 unspecified atom stereocenters. The molecule has 0 aliphatic heterocycles. The molecule has 0 fully saturated rings. The first-order valence-electron chi connectivity index (χ1n) is 4.81. The normalized spacial score (nSPS) is 12.6. The van der Waals surface area contributed by atoms with Crippen molar-refractivity contribution in [2.75, 3.05) is 26.7 Å². The van der Waals surface area contributed by atoms with Gasteiger partial charge in [-0.15, -0.1) is 0 Å². The van der Waals surface area contributed by atoms with E-state index in [4.69, 9.17) is 5.73 Å². The number of nitrogens with one attached hydrogen (secondary N) is 1. The first-order chi connectivity index (χ1) is 6.06. The zero-order chi connectivity index (χ0) is 10.3. The highest BCUT2D eigenvalue weighted by atomic mass is 15.1. The van der Waals surface area contributed by atoms with Gasteiger partial charge in [0.25, 0.3) is 0 Å². The topological polar surface area (TPSA) is 53.6 Å². The molecule has 13 heavy (non-hydrogen) atoms. The molecular weight excluding hydrogens is 164 g/mol. The molecular formula is C9H22N4. The minimum absolute atomic E-state index is 0.354. The summed E-state index contributed by atoms with van der Waals surface area (Å²) in [5, 5.41) is 3.04. The summed E-state index contributed by atoms with van der Waals surface area (Å²) in [4.78, 5) is 6.39. The maximum absolute atomic E-state index is 5.62. The highest BCUT2D eigenvalue weighted by Crippen LogP contribution is 1.81. The van der Waals surface area contributed by atoms with Gasteiger partial charge in [-0.3, -0.25) is 4.99 Å². The van der Waals surface area contributed by atoms with Gasteiger partial charge < -0.3 is 16.0 Å². The Morgan fingerprint density at radius 2 is 2.15 bits per heavy atom. The van der Waals surface area contributed by atoms with Gasteiger partial charge in [0, 0.05) is 12.6 Å². The Kier molecular flexibility index (Phi) is 6.32. The van der Waals surface area contributed by atoms with Crippen molar-refractivity contribution in [3.05, 3.63) is 0 Å². The van der Waals surface area contributed by atoms with Crippen molar-refractivity contribution in [2.45, 2.75) is 26.8 Å². The van der Waals surface area contributed by atoms with Crippen LogP contribution >= 0.6 is 0 Å². The Hall–Kier alpha value is -0.770. The van der Waals surface area contributed by atoms with Gasteiger partial charge in [-0.1, -0.05) is 6.92 Å². The SMILES string of the molecule is CCN(C)CCN=C(N)NC(C)C. The number of aliphatic imine (C=N–C) groups is 1. The summed E-state index contributed by atoms with van der Waals surface area (Å²) in [6, 6.07) is 0.354. The van der Waals surface area contributed by atoms with E-state index in [1.165, 1.54) is 0 Å². The predicted molar refractivity (Wildman–Crippen MR) is 57.9 cm³/mol. The number of nitrogens with zero attached hydrogens (tertiary/aromatic N) is 2. The molecule has 0 aliphatic rings. The van der Waals surface area contributed by atoms with E-state index in [1.807, 2.05) is 13.8 Å². The van der Waals surface area contributed by atoms with E-state index < -0.39 is 0 Å². The van der Waals surface area contributed by atoms with E-state index in [9.17, 15) is 0 Å². The smallest absolute Gasteiger partial charge is 0.188 e. The Labute approximate surface area is 81.2 Å². The van der Waals surface area contributed by atoms with Crippen LogP contribution in [0.1, 0.15) is 20.8 Å². The maximum Gasteiger partial charge on any atom is 0.188 e. The quantitative estimate of drug-likeness (QED) is 0.478. The van der Waals surface area contributed by atoms with Crippen molar-refractivity contribution in [3.8, 4) is 0 Å². The fourth-order valence-corrected chi connectivity index (χ4v) is 0.841. The van der Waals surface area contributed by atoms with Gasteiger partial charge in [0.2, 0.25) is 0 Å². The van der Waals surface area contributed by atoms with Crippen LogP contribution in [0.5, 0.6) is 0 Å². The third kappa shape index (κ3) is 7.59. The number of likely N-dealkylation sites (N-methyl/N-ethyl adjacent to an activating group) is 1. The summed E-state index contributed by atoms with van der Waals surface area (Å²) >= 11 is 0. The Morgan fingerprint density at radius 3 is 2.62 bits per heavy atom. The standard InChI is InChI=1S/C9H22N4/c1-5-13(4)7-6-11-9(10)12-8(2)3/h8H,5-7H2,1-4H3,(H3,10,11,12). The highest BCUT2D eigenvalue weighted by Gasteiger charge is 1.95. The third-order valence-electron chi connectivity index (χ3n) is 1.74. The monoisotopic (exact) mass is 186 g/mol. The van der Waals surface area contributed by atoms with Gasteiger partial charge in [0.1, 0.15) is 0 Å². The van der Waals surface area contributed by atoms with E-state index in [1.54, 1.807) is 0 Å². The average molecular weight is 186 g/mol. The number of hydrogen-bond acceptors (Lipinski definition) is 2. The van der Waals surface area contributed by atoms with Gasteiger partial charge in [0.05, 0.1) is 6.54 Å². The van der Waals surface area contributed by atoms with E-state index in [2.05, 4.69) is 29.2 Å². The van der Waals surface area contributed by atoms with E-state index in [0.717, 1.165) is 19.6 Å². The Morgan fingerprint density at radius 1 is 1.54 bits per heavy atom. The van der Waals surface area contributed by atoms with E-state index in [-0.39, 0.29) is 0 Å². The third-order valence-corrected chi connectivity index (χ3v) is 1.74. The lowest BCUT2D eigenvalue weighted by Gasteiger charge is -2.12. The van der Waals surface area contributed by atoms with Crippen LogP contribution in [0.3, 0.4) is 0 Å². The minimum atomic E-state index is 0.354. The first-order valence-corrected chi connectivity index (χ1v) is 4.81. The number of hydrogen-bond donors (Lipinski definition) is 2. The molecule has 0 bridgehead atoms. The predicted octanol–water partition coefficient (Wildman–Crippen LogP) is 0.251. The van der Waals surface area contributed by atoms with Crippen LogP contribution in [-0.2, 0) is 0 Å². The van der Waals surface area contributed by atoms with Crippen LogP contribution in [0.25, 0.3) is 0 Å². The zero-order valence-corrected chi connectivity index (χ0v) is 9.17. The molecule has 0 atom stereocenters. The van der Waals surface area contributed by atoms with Gasteiger partial charge in [-0.25, -0.2) is 0 Å². The number of guanidine groups is 1. The summed E-state index contributed by atoms with van der Waals surface area (Å²) in [6.45, 7) is 8.97. The van der Waals surface area contributed by atoms with Crippen LogP contribution in [0, 0.1) is 0 Å². The second kappa shape index (κ2) is 6.71. The van der Waals surface area contributed by atoms with Crippen LogP contribution in [-0.4, -0.2) is 43.6 Å². The lowest BCUT2D eigenvalue weighted by atomic mass is 10.4. The molecule has 0 heterocycles. The lowest BCUT2D eigenvalue weighted by Crippen LogP contribution is -2.37. The van der Waals surface area contributed by atoms with E-state index >= 15 is 0 Å². The molecule has 0 aromatic carbocycles. The van der Waals surface area contributed by atoms with Gasteiger partial charge in [0.15, 0.2) is 5.96 Å². The molecule has 0 aromatic heterocycles. The van der Waals surface area contributed by atoms with Crippen molar-refractivity contribution in [3.63, 3.8) is 0 Å². The van der Waals surface area contributed by atoms with Crippen LogP contribution < -0.4 is 11.1 Å². The van der Waals surface area contributed by atoms with Crippen molar-refractivity contribution in [1.82, 2.24) is 10.2 Å². The van der Waals surface area contributed by atoms with Crippen LogP contribution in [0.15, 0.2) is 4.99 Å². The molecule has 0 saturated heterocycles. The molecule has 3 N–H and O–H groups in total. The molecule has 0 rings (SSSR count). The molecule has 0 radical (unpaired) electrons. The summed E-state index contributed by atoms with van der Waals surface area (Å²) in [5.74, 6) is 0.541. The van der Waals surface area contributed by atoms with Gasteiger partial charge in [-0.05, 0) is 27.4 Å².